The lowest BCUT2D eigenvalue weighted by atomic mass is 10.1. The Kier molecular flexibility index (Phi) is 9.38. The molecule has 0 saturated carbocycles. The molecule has 0 aliphatic carbocycles. The van der Waals surface area contributed by atoms with Crippen LogP contribution in [0.3, 0.4) is 0 Å². The summed E-state index contributed by atoms with van der Waals surface area (Å²) in [5.74, 6) is 0.0816. The third kappa shape index (κ3) is 7.68. The maximum Gasteiger partial charge on any atom is 0.234 e. The molecule has 1 aliphatic heterocycles. The van der Waals surface area contributed by atoms with Gasteiger partial charge in [0.05, 0.1) is 6.54 Å². The van der Waals surface area contributed by atoms with E-state index in [1.165, 1.54) is 5.56 Å². The van der Waals surface area contributed by atoms with Crippen LogP contribution in [0.2, 0.25) is 0 Å². The van der Waals surface area contributed by atoms with Crippen LogP contribution in [0.1, 0.15) is 12.0 Å². The largest absolute Gasteiger partial charge is 0.385 e. The summed E-state index contributed by atoms with van der Waals surface area (Å²) in [7, 11) is 1.67. The standard InChI is InChI=1S/C19H30N4O2S/c1-25-15-5-9-20-18(24)16-22-11-13-23(14-12-22)19(26)21-10-8-17-6-3-2-4-7-17/h2-4,6-7H,5,8-16H2,1H3,(H,20,24)(H,21,26). The number of carbonyl (C=O) groups is 1. The first-order valence-corrected chi connectivity index (χ1v) is 9.64. The van der Waals surface area contributed by atoms with Crippen LogP contribution in [0.4, 0.5) is 0 Å². The van der Waals surface area contributed by atoms with Gasteiger partial charge in [-0.15, -0.1) is 0 Å². The molecule has 1 aromatic carbocycles. The summed E-state index contributed by atoms with van der Waals surface area (Å²) >= 11 is 5.50. The molecule has 0 radical (unpaired) electrons. The van der Waals surface area contributed by atoms with Crippen molar-refractivity contribution < 1.29 is 9.53 Å². The molecule has 1 saturated heterocycles. The van der Waals surface area contributed by atoms with Crippen molar-refractivity contribution in [1.29, 1.82) is 0 Å². The molecule has 0 atom stereocenters. The molecule has 1 aliphatic rings. The van der Waals surface area contributed by atoms with Gasteiger partial charge in [0.15, 0.2) is 5.11 Å². The van der Waals surface area contributed by atoms with E-state index in [9.17, 15) is 4.79 Å². The van der Waals surface area contributed by atoms with E-state index in [0.717, 1.165) is 50.7 Å². The van der Waals surface area contributed by atoms with E-state index in [4.69, 9.17) is 17.0 Å². The molecule has 144 valence electrons. The highest BCUT2D eigenvalue weighted by atomic mass is 32.1. The number of hydrogen-bond donors (Lipinski definition) is 2. The van der Waals surface area contributed by atoms with Crippen LogP contribution in [0, 0.1) is 0 Å². The number of methoxy groups -OCH3 is 1. The van der Waals surface area contributed by atoms with Gasteiger partial charge in [0.1, 0.15) is 0 Å². The van der Waals surface area contributed by atoms with Gasteiger partial charge in [-0.2, -0.15) is 0 Å². The molecule has 2 N–H and O–H groups in total. The number of nitrogens with one attached hydrogen (secondary N) is 2. The number of ether oxygens (including phenoxy) is 1. The number of benzene rings is 1. The smallest absolute Gasteiger partial charge is 0.234 e. The normalized spacial score (nSPS) is 14.9. The predicted octanol–water partition coefficient (Wildman–Crippen LogP) is 0.874. The SMILES string of the molecule is COCCCNC(=O)CN1CCN(C(=S)NCCc2ccccc2)CC1. The topological polar surface area (TPSA) is 56.8 Å². The second-order valence-corrected chi connectivity index (χ2v) is 6.81. The number of amides is 1. The molecule has 2 rings (SSSR count). The highest BCUT2D eigenvalue weighted by Crippen LogP contribution is 2.03. The van der Waals surface area contributed by atoms with Crippen molar-refractivity contribution in [2.45, 2.75) is 12.8 Å². The van der Waals surface area contributed by atoms with Crippen LogP contribution in [-0.2, 0) is 16.0 Å². The first-order valence-electron chi connectivity index (χ1n) is 9.23. The summed E-state index contributed by atoms with van der Waals surface area (Å²) in [4.78, 5) is 16.3. The number of nitrogens with zero attached hydrogens (tertiary/aromatic N) is 2. The van der Waals surface area contributed by atoms with Gasteiger partial charge in [-0.3, -0.25) is 9.69 Å². The molecule has 0 aromatic heterocycles. The number of piperazine rings is 1. The molecule has 1 amide bonds. The summed E-state index contributed by atoms with van der Waals surface area (Å²) in [6.07, 6.45) is 1.81. The van der Waals surface area contributed by atoms with Crippen LogP contribution in [0.5, 0.6) is 0 Å². The van der Waals surface area contributed by atoms with E-state index in [0.29, 0.717) is 19.7 Å². The minimum Gasteiger partial charge on any atom is -0.385 e. The summed E-state index contributed by atoms with van der Waals surface area (Å²) < 4.78 is 4.98. The fraction of sp³-hybridized carbons (Fsp3) is 0.579. The Morgan fingerprint density at radius 3 is 2.54 bits per heavy atom. The van der Waals surface area contributed by atoms with Gasteiger partial charge >= 0.3 is 0 Å². The zero-order valence-electron chi connectivity index (χ0n) is 15.6. The zero-order chi connectivity index (χ0) is 18.6. The lowest BCUT2D eigenvalue weighted by Crippen LogP contribution is -2.53. The minimum absolute atomic E-state index is 0.0816. The van der Waals surface area contributed by atoms with Gasteiger partial charge in [-0.05, 0) is 30.6 Å². The second kappa shape index (κ2) is 11.8. The Hall–Kier alpha value is -1.70. The van der Waals surface area contributed by atoms with Crippen LogP contribution in [0.25, 0.3) is 0 Å². The summed E-state index contributed by atoms with van der Waals surface area (Å²) in [5, 5.41) is 7.08. The summed E-state index contributed by atoms with van der Waals surface area (Å²) in [6.45, 7) is 6.05. The van der Waals surface area contributed by atoms with Crippen molar-refractivity contribution in [3.8, 4) is 0 Å². The van der Waals surface area contributed by atoms with Crippen molar-refractivity contribution >= 4 is 23.2 Å². The van der Waals surface area contributed by atoms with Crippen LogP contribution in [-0.4, -0.2) is 80.3 Å². The van der Waals surface area contributed by atoms with E-state index in [-0.39, 0.29) is 5.91 Å². The Morgan fingerprint density at radius 1 is 1.12 bits per heavy atom. The molecule has 0 spiro atoms. The van der Waals surface area contributed by atoms with E-state index >= 15 is 0 Å². The molecule has 26 heavy (non-hydrogen) atoms. The number of carbonyl (C=O) groups excluding carboxylic acids is 1. The molecular formula is C19H30N4O2S. The first kappa shape index (κ1) is 20.6. The summed E-state index contributed by atoms with van der Waals surface area (Å²) in [5.41, 5.74) is 1.31. The predicted molar refractivity (Wildman–Crippen MR) is 108 cm³/mol. The number of rotatable bonds is 9. The monoisotopic (exact) mass is 378 g/mol. The third-order valence-corrected chi connectivity index (χ3v) is 4.81. The fourth-order valence-corrected chi connectivity index (χ4v) is 3.17. The molecule has 7 heteroatoms. The zero-order valence-corrected chi connectivity index (χ0v) is 16.4. The van der Waals surface area contributed by atoms with Gasteiger partial charge < -0.3 is 20.3 Å². The van der Waals surface area contributed by atoms with E-state index in [2.05, 4.69) is 44.7 Å². The van der Waals surface area contributed by atoms with E-state index in [1.807, 2.05) is 6.07 Å². The van der Waals surface area contributed by atoms with E-state index < -0.39 is 0 Å². The van der Waals surface area contributed by atoms with Gasteiger partial charge in [0.25, 0.3) is 0 Å². The summed E-state index contributed by atoms with van der Waals surface area (Å²) in [6, 6.07) is 10.4. The molecule has 0 unspecified atom stereocenters. The van der Waals surface area contributed by atoms with Gasteiger partial charge in [0.2, 0.25) is 5.91 Å². The molecule has 1 aromatic rings. The molecule has 6 nitrogen and oxygen atoms in total. The lowest BCUT2D eigenvalue weighted by molar-refractivity contribution is -0.122. The molecule has 1 fully saturated rings. The Balaban J connectivity index is 1.58. The molecule has 0 bridgehead atoms. The Morgan fingerprint density at radius 2 is 1.85 bits per heavy atom. The Bertz CT molecular complexity index is 548. The average molecular weight is 379 g/mol. The highest BCUT2D eigenvalue weighted by molar-refractivity contribution is 7.80. The van der Waals surface area contributed by atoms with Crippen molar-refractivity contribution in [1.82, 2.24) is 20.4 Å². The maximum atomic E-state index is 11.9. The lowest BCUT2D eigenvalue weighted by Gasteiger charge is -2.35. The van der Waals surface area contributed by atoms with Crippen LogP contribution < -0.4 is 10.6 Å². The van der Waals surface area contributed by atoms with Gasteiger partial charge in [-0.1, -0.05) is 30.3 Å². The van der Waals surface area contributed by atoms with Crippen LogP contribution >= 0.6 is 12.2 Å². The maximum absolute atomic E-state index is 11.9. The average Bonchev–Trinajstić information content (AvgIpc) is 2.66. The van der Waals surface area contributed by atoms with E-state index in [1.54, 1.807) is 7.11 Å². The van der Waals surface area contributed by atoms with Crippen LogP contribution in [0.15, 0.2) is 30.3 Å². The first-order chi connectivity index (χ1) is 12.7. The van der Waals surface area contributed by atoms with Gasteiger partial charge in [0, 0.05) is 53.0 Å². The number of hydrogen-bond acceptors (Lipinski definition) is 4. The van der Waals surface area contributed by atoms with Gasteiger partial charge in [-0.25, -0.2) is 0 Å². The molecular weight excluding hydrogens is 348 g/mol. The third-order valence-electron chi connectivity index (χ3n) is 4.41. The fourth-order valence-electron chi connectivity index (χ4n) is 2.88. The second-order valence-electron chi connectivity index (χ2n) is 6.43. The van der Waals surface area contributed by atoms with Crippen molar-refractivity contribution in [2.75, 3.05) is 59.5 Å². The van der Waals surface area contributed by atoms with Crippen molar-refractivity contribution in [2.24, 2.45) is 0 Å². The quantitative estimate of drug-likeness (QED) is 0.491. The highest BCUT2D eigenvalue weighted by Gasteiger charge is 2.20. The van der Waals surface area contributed by atoms with Crippen molar-refractivity contribution in [3.63, 3.8) is 0 Å². The minimum atomic E-state index is 0.0816. The number of thiocarbonyl (C=S) groups is 1. The Labute approximate surface area is 161 Å². The van der Waals surface area contributed by atoms with Crippen molar-refractivity contribution in [3.05, 3.63) is 35.9 Å². The molecule has 1 heterocycles.